The Hall–Kier alpha value is -2.93. The number of tetrazole rings is 1. The smallest absolute Gasteiger partial charge is 0.245 e. The summed E-state index contributed by atoms with van der Waals surface area (Å²) in [6.45, 7) is 6.01. The third kappa shape index (κ3) is 4.62. The van der Waals surface area contributed by atoms with Crippen LogP contribution in [0.2, 0.25) is 0 Å². The van der Waals surface area contributed by atoms with Gasteiger partial charge in [-0.2, -0.15) is 0 Å². The lowest BCUT2D eigenvalue weighted by atomic mass is 10.2. The highest BCUT2D eigenvalue weighted by Crippen LogP contribution is 2.14. The predicted octanol–water partition coefficient (Wildman–Crippen LogP) is 2.07. The van der Waals surface area contributed by atoms with Gasteiger partial charge in [-0.15, -0.1) is 0 Å². The summed E-state index contributed by atoms with van der Waals surface area (Å²) < 4.78 is 7.59. The van der Waals surface area contributed by atoms with Crippen LogP contribution in [0.25, 0.3) is 0 Å². The van der Waals surface area contributed by atoms with Gasteiger partial charge in [0.1, 0.15) is 12.4 Å². The van der Waals surface area contributed by atoms with Gasteiger partial charge < -0.3 is 9.64 Å². The third-order valence-electron chi connectivity index (χ3n) is 4.73. The molecule has 0 N–H and O–H groups in total. The van der Waals surface area contributed by atoms with Gasteiger partial charge >= 0.3 is 0 Å². The van der Waals surface area contributed by atoms with Crippen molar-refractivity contribution in [2.24, 2.45) is 0 Å². The van der Waals surface area contributed by atoms with Gasteiger partial charge in [0.25, 0.3) is 0 Å². The monoisotopic (exact) mass is 364 g/mol. The summed E-state index contributed by atoms with van der Waals surface area (Å²) in [6.07, 6.45) is 0. The number of aromatic nitrogens is 4. The average Bonchev–Trinajstić information content (AvgIpc) is 3.19. The number of anilines is 1. The van der Waals surface area contributed by atoms with Gasteiger partial charge in [0.15, 0.2) is 0 Å². The maximum Gasteiger partial charge on any atom is 0.245 e. The third-order valence-corrected chi connectivity index (χ3v) is 4.73. The summed E-state index contributed by atoms with van der Waals surface area (Å²) in [5.74, 6) is 1.69. The number of benzene rings is 2. The standard InChI is InChI=1S/C20H24N6O/c1-3-7-18(8-4-1)17-24-11-13-25(14-12-24)20-21-22-23-26(20)15-16-27-19-9-5-2-6-10-19/h1-10H,11-17H2. The number of para-hydroxylation sites is 1. The predicted molar refractivity (Wildman–Crippen MR) is 104 cm³/mol. The molecule has 1 aliphatic heterocycles. The van der Waals surface area contributed by atoms with Crippen LogP contribution >= 0.6 is 0 Å². The number of ether oxygens (including phenoxy) is 1. The molecule has 2 aromatic carbocycles. The van der Waals surface area contributed by atoms with Gasteiger partial charge in [0, 0.05) is 32.7 Å². The average molecular weight is 364 g/mol. The molecule has 0 saturated carbocycles. The van der Waals surface area contributed by atoms with Gasteiger partial charge in [-0.1, -0.05) is 53.6 Å². The highest BCUT2D eigenvalue weighted by Gasteiger charge is 2.21. The second kappa shape index (κ2) is 8.64. The fourth-order valence-corrected chi connectivity index (χ4v) is 3.29. The minimum atomic E-state index is 0.538. The Morgan fingerprint density at radius 3 is 2.30 bits per heavy atom. The largest absolute Gasteiger partial charge is 0.492 e. The van der Waals surface area contributed by atoms with E-state index in [4.69, 9.17) is 4.74 Å². The van der Waals surface area contributed by atoms with Crippen molar-refractivity contribution in [2.75, 3.05) is 37.7 Å². The van der Waals surface area contributed by atoms with E-state index in [9.17, 15) is 0 Å². The van der Waals surface area contributed by atoms with Crippen molar-refractivity contribution in [1.29, 1.82) is 0 Å². The molecule has 1 aromatic heterocycles. The van der Waals surface area contributed by atoms with Crippen molar-refractivity contribution in [1.82, 2.24) is 25.1 Å². The summed E-state index contributed by atoms with van der Waals surface area (Å²) >= 11 is 0. The Morgan fingerprint density at radius 1 is 0.852 bits per heavy atom. The molecule has 140 valence electrons. The van der Waals surface area contributed by atoms with Gasteiger partial charge in [0.2, 0.25) is 5.95 Å². The fourth-order valence-electron chi connectivity index (χ4n) is 3.29. The van der Waals surface area contributed by atoms with Crippen molar-refractivity contribution >= 4 is 5.95 Å². The quantitative estimate of drug-likeness (QED) is 0.640. The molecule has 0 spiro atoms. The Bertz CT molecular complexity index is 815. The fraction of sp³-hybridized carbons (Fsp3) is 0.350. The van der Waals surface area contributed by atoms with E-state index in [1.54, 1.807) is 0 Å². The van der Waals surface area contributed by atoms with Crippen LogP contribution in [-0.4, -0.2) is 57.9 Å². The van der Waals surface area contributed by atoms with Crippen molar-refractivity contribution in [3.63, 3.8) is 0 Å². The molecule has 0 radical (unpaired) electrons. The van der Waals surface area contributed by atoms with E-state index in [2.05, 4.69) is 55.7 Å². The number of piperazine rings is 1. The van der Waals surface area contributed by atoms with Gasteiger partial charge in [0.05, 0.1) is 6.54 Å². The first kappa shape index (κ1) is 17.5. The minimum Gasteiger partial charge on any atom is -0.492 e. The van der Waals surface area contributed by atoms with E-state index in [1.807, 2.05) is 35.0 Å². The molecule has 0 bridgehead atoms. The van der Waals surface area contributed by atoms with Crippen molar-refractivity contribution < 1.29 is 4.74 Å². The van der Waals surface area contributed by atoms with E-state index in [0.717, 1.165) is 44.4 Å². The molecule has 1 saturated heterocycles. The van der Waals surface area contributed by atoms with Crippen LogP contribution in [0.4, 0.5) is 5.95 Å². The Labute approximate surface area is 159 Å². The summed E-state index contributed by atoms with van der Waals surface area (Å²) in [6, 6.07) is 20.4. The highest BCUT2D eigenvalue weighted by molar-refractivity contribution is 5.29. The number of hydrogen-bond acceptors (Lipinski definition) is 6. The van der Waals surface area contributed by atoms with E-state index < -0.39 is 0 Å². The zero-order valence-electron chi connectivity index (χ0n) is 15.3. The lowest BCUT2D eigenvalue weighted by Gasteiger charge is -2.34. The molecule has 27 heavy (non-hydrogen) atoms. The van der Waals surface area contributed by atoms with Crippen LogP contribution in [-0.2, 0) is 13.1 Å². The first-order valence-corrected chi connectivity index (χ1v) is 9.34. The second-order valence-corrected chi connectivity index (χ2v) is 6.61. The molecule has 7 nitrogen and oxygen atoms in total. The molecule has 0 amide bonds. The van der Waals surface area contributed by atoms with Crippen LogP contribution in [0.15, 0.2) is 60.7 Å². The summed E-state index contributed by atoms with van der Waals surface area (Å²) in [5, 5.41) is 12.2. The zero-order valence-corrected chi connectivity index (χ0v) is 15.3. The molecule has 1 fully saturated rings. The molecular weight excluding hydrogens is 340 g/mol. The SMILES string of the molecule is c1ccc(CN2CCN(c3nnnn3CCOc3ccccc3)CC2)cc1. The summed E-state index contributed by atoms with van der Waals surface area (Å²) in [4.78, 5) is 4.72. The van der Waals surface area contributed by atoms with Crippen LogP contribution in [0.3, 0.4) is 0 Å². The van der Waals surface area contributed by atoms with Crippen molar-refractivity contribution in [3.8, 4) is 5.75 Å². The number of rotatable bonds is 7. The lowest BCUT2D eigenvalue weighted by Crippen LogP contribution is -2.47. The van der Waals surface area contributed by atoms with Crippen LogP contribution in [0.5, 0.6) is 5.75 Å². The Kier molecular flexibility index (Phi) is 5.59. The molecule has 4 rings (SSSR count). The first-order valence-electron chi connectivity index (χ1n) is 9.34. The summed E-state index contributed by atoms with van der Waals surface area (Å²) in [7, 11) is 0. The second-order valence-electron chi connectivity index (χ2n) is 6.61. The van der Waals surface area contributed by atoms with Crippen LogP contribution in [0, 0.1) is 0 Å². The van der Waals surface area contributed by atoms with E-state index in [1.165, 1.54) is 5.56 Å². The molecule has 3 aromatic rings. The van der Waals surface area contributed by atoms with Gasteiger partial charge in [-0.05, 0) is 28.1 Å². The normalized spacial score (nSPS) is 15.0. The van der Waals surface area contributed by atoms with Crippen LogP contribution < -0.4 is 9.64 Å². The van der Waals surface area contributed by atoms with E-state index >= 15 is 0 Å². The molecule has 7 heteroatoms. The van der Waals surface area contributed by atoms with Gasteiger partial charge in [-0.3, -0.25) is 4.90 Å². The highest BCUT2D eigenvalue weighted by atomic mass is 16.5. The molecule has 0 atom stereocenters. The zero-order chi connectivity index (χ0) is 18.3. The lowest BCUT2D eigenvalue weighted by molar-refractivity contribution is 0.246. The summed E-state index contributed by atoms with van der Waals surface area (Å²) in [5.41, 5.74) is 1.36. The molecule has 1 aliphatic rings. The number of nitrogens with zero attached hydrogens (tertiary/aromatic N) is 6. The minimum absolute atomic E-state index is 0.538. The molecular formula is C20H24N6O. The van der Waals surface area contributed by atoms with Crippen LogP contribution in [0.1, 0.15) is 5.56 Å². The maximum absolute atomic E-state index is 5.76. The van der Waals surface area contributed by atoms with E-state index in [0.29, 0.717) is 13.2 Å². The molecule has 0 aliphatic carbocycles. The first-order chi connectivity index (χ1) is 13.4. The molecule has 2 heterocycles. The van der Waals surface area contributed by atoms with Crippen molar-refractivity contribution in [2.45, 2.75) is 13.1 Å². The van der Waals surface area contributed by atoms with Gasteiger partial charge in [-0.25, -0.2) is 4.68 Å². The van der Waals surface area contributed by atoms with Crippen molar-refractivity contribution in [3.05, 3.63) is 66.2 Å². The maximum atomic E-state index is 5.76. The Morgan fingerprint density at radius 2 is 1.56 bits per heavy atom. The van der Waals surface area contributed by atoms with E-state index in [-0.39, 0.29) is 0 Å². The Balaban J connectivity index is 1.28. The number of hydrogen-bond donors (Lipinski definition) is 0. The topological polar surface area (TPSA) is 59.3 Å². The molecule has 0 unspecified atom stereocenters.